The number of hydrogen-bond acceptors (Lipinski definition) is 4. The number of pyridine rings is 1. The van der Waals surface area contributed by atoms with Crippen LogP contribution in [0.15, 0.2) is 61.1 Å². The third-order valence-corrected chi connectivity index (χ3v) is 3.64. The molecule has 2 heterocycles. The van der Waals surface area contributed by atoms with Crippen molar-refractivity contribution in [1.82, 2.24) is 14.8 Å². The predicted octanol–water partition coefficient (Wildman–Crippen LogP) is 3.19. The first kappa shape index (κ1) is 17.3. The van der Waals surface area contributed by atoms with Crippen molar-refractivity contribution in [3.8, 4) is 0 Å². The van der Waals surface area contributed by atoms with Crippen LogP contribution in [-0.4, -0.2) is 26.6 Å². The molecule has 0 radical (unpaired) electrons. The molecular weight excluding hydrogens is 330 g/mol. The van der Waals surface area contributed by atoms with Gasteiger partial charge in [0, 0.05) is 30.2 Å². The van der Waals surface area contributed by atoms with Gasteiger partial charge in [-0.25, -0.2) is 4.98 Å². The Hall–Kier alpha value is -3.48. The van der Waals surface area contributed by atoms with Crippen LogP contribution in [0.1, 0.15) is 34.1 Å². The average Bonchev–Trinajstić information content (AvgIpc) is 3.12. The molecule has 7 heteroatoms. The third-order valence-electron chi connectivity index (χ3n) is 3.64. The summed E-state index contributed by atoms with van der Waals surface area (Å²) in [6.45, 7) is 2.80. The molecule has 3 rings (SSSR count). The first-order valence-electron chi connectivity index (χ1n) is 8.32. The topological polar surface area (TPSA) is 88.9 Å². The summed E-state index contributed by atoms with van der Waals surface area (Å²) >= 11 is 0. The molecule has 0 bridgehead atoms. The number of hydrogen-bond donors (Lipinski definition) is 2. The number of nitrogens with zero attached hydrogens (tertiary/aromatic N) is 3. The molecule has 7 nitrogen and oxygen atoms in total. The van der Waals surface area contributed by atoms with Gasteiger partial charge in [-0.2, -0.15) is 5.10 Å². The van der Waals surface area contributed by atoms with Crippen LogP contribution < -0.4 is 10.6 Å². The Morgan fingerprint density at radius 2 is 1.88 bits per heavy atom. The lowest BCUT2D eigenvalue weighted by Crippen LogP contribution is -2.15. The van der Waals surface area contributed by atoms with Gasteiger partial charge in [0.15, 0.2) is 0 Å². The molecule has 132 valence electrons. The zero-order valence-electron chi connectivity index (χ0n) is 14.3. The minimum absolute atomic E-state index is 0.269. The maximum atomic E-state index is 12.3. The summed E-state index contributed by atoms with van der Waals surface area (Å²) in [6.07, 6.45) is 5.78. The minimum Gasteiger partial charge on any atom is -0.322 e. The number of aromatic nitrogens is 3. The Morgan fingerprint density at radius 1 is 1.04 bits per heavy atom. The molecule has 0 saturated carbocycles. The molecule has 0 spiro atoms. The van der Waals surface area contributed by atoms with Crippen molar-refractivity contribution in [2.75, 3.05) is 10.6 Å². The molecule has 2 amide bonds. The van der Waals surface area contributed by atoms with Crippen molar-refractivity contribution in [2.24, 2.45) is 0 Å². The van der Waals surface area contributed by atoms with Crippen molar-refractivity contribution in [2.45, 2.75) is 19.9 Å². The van der Waals surface area contributed by atoms with E-state index in [-0.39, 0.29) is 11.8 Å². The highest BCUT2D eigenvalue weighted by Gasteiger charge is 2.11. The summed E-state index contributed by atoms with van der Waals surface area (Å²) in [5.41, 5.74) is 1.43. The molecular formula is C19H19N5O2. The second-order valence-corrected chi connectivity index (χ2v) is 5.70. The molecule has 0 saturated heterocycles. The zero-order valence-corrected chi connectivity index (χ0v) is 14.3. The Bertz CT molecular complexity index is 905. The maximum Gasteiger partial charge on any atom is 0.258 e. The van der Waals surface area contributed by atoms with Crippen molar-refractivity contribution in [3.63, 3.8) is 0 Å². The fraction of sp³-hybridized carbons (Fsp3) is 0.158. The molecule has 2 aromatic heterocycles. The molecule has 3 aromatic rings. The smallest absolute Gasteiger partial charge is 0.258 e. The molecule has 0 aliphatic rings. The molecule has 1 aromatic carbocycles. The van der Waals surface area contributed by atoms with Gasteiger partial charge < -0.3 is 10.6 Å². The number of amides is 2. The highest BCUT2D eigenvalue weighted by molar-refractivity contribution is 6.07. The Morgan fingerprint density at radius 3 is 2.65 bits per heavy atom. The van der Waals surface area contributed by atoms with Gasteiger partial charge >= 0.3 is 0 Å². The van der Waals surface area contributed by atoms with Gasteiger partial charge in [0.05, 0.1) is 11.8 Å². The fourth-order valence-electron chi connectivity index (χ4n) is 2.40. The van der Waals surface area contributed by atoms with E-state index in [0.717, 1.165) is 13.0 Å². The Kier molecular flexibility index (Phi) is 5.38. The number of rotatable bonds is 6. The van der Waals surface area contributed by atoms with E-state index in [4.69, 9.17) is 0 Å². The number of anilines is 2. The van der Waals surface area contributed by atoms with E-state index in [9.17, 15) is 9.59 Å². The monoisotopic (exact) mass is 349 g/mol. The van der Waals surface area contributed by atoms with E-state index in [1.54, 1.807) is 59.5 Å². The summed E-state index contributed by atoms with van der Waals surface area (Å²) in [4.78, 5) is 28.7. The first-order chi connectivity index (χ1) is 12.7. The van der Waals surface area contributed by atoms with Crippen molar-refractivity contribution >= 4 is 23.3 Å². The first-order valence-corrected chi connectivity index (χ1v) is 8.32. The summed E-state index contributed by atoms with van der Waals surface area (Å²) < 4.78 is 1.73. The van der Waals surface area contributed by atoms with Crippen LogP contribution >= 0.6 is 0 Å². The van der Waals surface area contributed by atoms with Crippen molar-refractivity contribution in [1.29, 1.82) is 0 Å². The molecule has 0 fully saturated rings. The lowest BCUT2D eigenvalue weighted by atomic mass is 10.2. The van der Waals surface area contributed by atoms with Gasteiger partial charge in [0.1, 0.15) is 5.82 Å². The predicted molar refractivity (Wildman–Crippen MR) is 99.1 cm³/mol. The fourth-order valence-corrected chi connectivity index (χ4v) is 2.40. The van der Waals surface area contributed by atoms with Crippen molar-refractivity contribution < 1.29 is 9.59 Å². The summed E-state index contributed by atoms with van der Waals surface area (Å²) in [7, 11) is 0. The molecule has 0 aliphatic heterocycles. The van der Waals surface area contributed by atoms with Gasteiger partial charge in [-0.1, -0.05) is 19.1 Å². The third kappa shape index (κ3) is 4.32. The normalized spacial score (nSPS) is 10.3. The summed E-state index contributed by atoms with van der Waals surface area (Å²) in [5.74, 6) is -0.0968. The van der Waals surface area contributed by atoms with Crippen LogP contribution in [0.2, 0.25) is 0 Å². The molecule has 26 heavy (non-hydrogen) atoms. The van der Waals surface area contributed by atoms with Crippen LogP contribution in [0, 0.1) is 0 Å². The second-order valence-electron chi connectivity index (χ2n) is 5.70. The van der Waals surface area contributed by atoms with Crippen molar-refractivity contribution in [3.05, 3.63) is 72.2 Å². The number of carbonyl (C=O) groups is 2. The van der Waals surface area contributed by atoms with E-state index in [0.29, 0.717) is 22.6 Å². The Labute approximate surface area is 151 Å². The molecule has 0 aliphatic carbocycles. The summed E-state index contributed by atoms with van der Waals surface area (Å²) in [5, 5.41) is 9.64. The lowest BCUT2D eigenvalue weighted by molar-refractivity contribution is 0.101. The quantitative estimate of drug-likeness (QED) is 0.715. The number of nitrogens with one attached hydrogen (secondary N) is 2. The van der Waals surface area contributed by atoms with E-state index in [1.807, 2.05) is 6.92 Å². The van der Waals surface area contributed by atoms with Crippen LogP contribution in [0.4, 0.5) is 11.5 Å². The van der Waals surface area contributed by atoms with Crippen LogP contribution in [0.25, 0.3) is 0 Å². The number of aryl methyl sites for hydroxylation is 1. The number of benzene rings is 1. The summed E-state index contributed by atoms with van der Waals surface area (Å²) in [6, 6.07) is 12.0. The molecule has 0 atom stereocenters. The van der Waals surface area contributed by atoms with E-state index in [2.05, 4.69) is 20.7 Å². The van der Waals surface area contributed by atoms with Gasteiger partial charge in [-0.15, -0.1) is 0 Å². The standard InChI is InChI=1S/C19H19N5O2/c1-2-10-24-13-15(12-21-24)19(26)22-16-7-5-6-14(11-16)18(25)23-17-8-3-4-9-20-17/h3-9,11-13H,2,10H2,1H3,(H,22,26)(H,20,23,25). The largest absolute Gasteiger partial charge is 0.322 e. The highest BCUT2D eigenvalue weighted by atomic mass is 16.2. The highest BCUT2D eigenvalue weighted by Crippen LogP contribution is 2.14. The van der Waals surface area contributed by atoms with Crippen LogP contribution in [0.5, 0.6) is 0 Å². The maximum absolute atomic E-state index is 12.3. The van der Waals surface area contributed by atoms with Gasteiger partial charge in [0.25, 0.3) is 11.8 Å². The van der Waals surface area contributed by atoms with E-state index in [1.165, 1.54) is 6.20 Å². The lowest BCUT2D eigenvalue weighted by Gasteiger charge is -2.07. The van der Waals surface area contributed by atoms with E-state index < -0.39 is 0 Å². The second kappa shape index (κ2) is 8.06. The van der Waals surface area contributed by atoms with Crippen LogP contribution in [-0.2, 0) is 6.54 Å². The number of carbonyl (C=O) groups excluding carboxylic acids is 2. The zero-order chi connectivity index (χ0) is 18.4. The van der Waals surface area contributed by atoms with Crippen LogP contribution in [0.3, 0.4) is 0 Å². The molecule has 2 N–H and O–H groups in total. The van der Waals surface area contributed by atoms with E-state index >= 15 is 0 Å². The van der Waals surface area contributed by atoms with Gasteiger partial charge in [0.2, 0.25) is 0 Å². The Balaban J connectivity index is 1.68. The minimum atomic E-state index is -0.296. The average molecular weight is 349 g/mol. The van der Waals surface area contributed by atoms with Gasteiger partial charge in [-0.3, -0.25) is 14.3 Å². The molecule has 0 unspecified atom stereocenters. The van der Waals surface area contributed by atoms with Gasteiger partial charge in [-0.05, 0) is 36.8 Å². The SMILES string of the molecule is CCCn1cc(C(=O)Nc2cccc(C(=O)Nc3ccccn3)c2)cn1.